The standard InChI is InChI=1S/C12H20N2OS/c1-4-15-11(8(2)3)12-14-9-5-6-13-7-10(9)16-12/h8,11,13H,4-7H2,1-3H3. The third-order valence-electron chi connectivity index (χ3n) is 2.81. The van der Waals surface area contributed by atoms with Crippen molar-refractivity contribution in [2.24, 2.45) is 5.92 Å². The number of nitrogens with one attached hydrogen (secondary N) is 1. The van der Waals surface area contributed by atoms with Gasteiger partial charge in [-0.15, -0.1) is 11.3 Å². The number of fused-ring (bicyclic) bond motifs is 1. The molecular weight excluding hydrogens is 220 g/mol. The molecule has 1 atom stereocenters. The van der Waals surface area contributed by atoms with Crippen LogP contribution in [-0.2, 0) is 17.7 Å². The Morgan fingerprint density at radius 1 is 1.50 bits per heavy atom. The van der Waals surface area contributed by atoms with E-state index < -0.39 is 0 Å². The second-order valence-electron chi connectivity index (χ2n) is 4.47. The maximum Gasteiger partial charge on any atom is 0.122 e. The summed E-state index contributed by atoms with van der Waals surface area (Å²) < 4.78 is 5.79. The van der Waals surface area contributed by atoms with E-state index in [0.717, 1.165) is 31.1 Å². The van der Waals surface area contributed by atoms with Crippen LogP contribution in [0.5, 0.6) is 0 Å². The van der Waals surface area contributed by atoms with Crippen molar-refractivity contribution >= 4 is 11.3 Å². The van der Waals surface area contributed by atoms with Crippen molar-refractivity contribution < 1.29 is 4.74 Å². The molecule has 0 fully saturated rings. The average Bonchev–Trinajstić information content (AvgIpc) is 2.68. The highest BCUT2D eigenvalue weighted by Crippen LogP contribution is 2.32. The Kier molecular flexibility index (Phi) is 3.95. The zero-order chi connectivity index (χ0) is 11.5. The van der Waals surface area contributed by atoms with Gasteiger partial charge >= 0.3 is 0 Å². The van der Waals surface area contributed by atoms with Gasteiger partial charge in [0, 0.05) is 31.0 Å². The van der Waals surface area contributed by atoms with Crippen LogP contribution in [0.2, 0.25) is 0 Å². The predicted octanol–water partition coefficient (Wildman–Crippen LogP) is 2.52. The van der Waals surface area contributed by atoms with Gasteiger partial charge in [0.25, 0.3) is 0 Å². The van der Waals surface area contributed by atoms with Crippen molar-refractivity contribution in [3.63, 3.8) is 0 Å². The topological polar surface area (TPSA) is 34.1 Å². The molecule has 0 bridgehead atoms. The molecule has 1 aliphatic heterocycles. The smallest absolute Gasteiger partial charge is 0.122 e. The van der Waals surface area contributed by atoms with E-state index in [-0.39, 0.29) is 6.10 Å². The van der Waals surface area contributed by atoms with Crippen molar-refractivity contribution in [3.8, 4) is 0 Å². The number of aromatic nitrogens is 1. The third kappa shape index (κ3) is 2.44. The Labute approximate surface area is 101 Å². The molecule has 16 heavy (non-hydrogen) atoms. The first-order chi connectivity index (χ1) is 7.72. The molecule has 0 saturated carbocycles. The van der Waals surface area contributed by atoms with Gasteiger partial charge in [-0.25, -0.2) is 4.98 Å². The van der Waals surface area contributed by atoms with E-state index in [9.17, 15) is 0 Å². The van der Waals surface area contributed by atoms with Gasteiger partial charge in [-0.1, -0.05) is 13.8 Å². The second kappa shape index (κ2) is 5.25. The highest BCUT2D eigenvalue weighted by atomic mass is 32.1. The van der Waals surface area contributed by atoms with E-state index in [0.29, 0.717) is 5.92 Å². The van der Waals surface area contributed by atoms with Gasteiger partial charge in [0.05, 0.1) is 5.69 Å². The number of nitrogens with zero attached hydrogens (tertiary/aromatic N) is 1. The fraction of sp³-hybridized carbons (Fsp3) is 0.750. The summed E-state index contributed by atoms with van der Waals surface area (Å²) in [5.74, 6) is 0.487. The SMILES string of the molecule is CCOC(c1nc2c(s1)CNCC2)C(C)C. The normalized spacial score (nSPS) is 17.5. The Hall–Kier alpha value is -0.450. The van der Waals surface area contributed by atoms with Crippen molar-refractivity contribution in [1.82, 2.24) is 10.3 Å². The first-order valence-electron chi connectivity index (χ1n) is 6.03. The monoisotopic (exact) mass is 240 g/mol. The van der Waals surface area contributed by atoms with Gasteiger partial charge in [0.1, 0.15) is 11.1 Å². The van der Waals surface area contributed by atoms with Crippen LogP contribution >= 0.6 is 11.3 Å². The van der Waals surface area contributed by atoms with Crippen molar-refractivity contribution in [1.29, 1.82) is 0 Å². The minimum absolute atomic E-state index is 0.167. The first-order valence-corrected chi connectivity index (χ1v) is 6.84. The zero-order valence-electron chi connectivity index (χ0n) is 10.2. The summed E-state index contributed by atoms with van der Waals surface area (Å²) in [6.07, 6.45) is 1.23. The minimum atomic E-state index is 0.167. The lowest BCUT2D eigenvalue weighted by atomic mass is 10.1. The summed E-state index contributed by atoms with van der Waals surface area (Å²) in [6, 6.07) is 0. The van der Waals surface area contributed by atoms with Gasteiger partial charge in [0.2, 0.25) is 0 Å². The Balaban J connectivity index is 2.20. The van der Waals surface area contributed by atoms with E-state index in [2.05, 4.69) is 19.2 Å². The summed E-state index contributed by atoms with van der Waals surface area (Å²) >= 11 is 1.81. The Morgan fingerprint density at radius 2 is 2.31 bits per heavy atom. The summed E-state index contributed by atoms with van der Waals surface area (Å²) in [7, 11) is 0. The molecule has 1 unspecified atom stereocenters. The Bertz CT molecular complexity index is 325. The molecule has 1 aromatic heterocycles. The lowest BCUT2D eigenvalue weighted by molar-refractivity contribution is 0.0292. The van der Waals surface area contributed by atoms with Crippen molar-refractivity contribution in [2.45, 2.75) is 39.8 Å². The van der Waals surface area contributed by atoms with Crippen LogP contribution in [0, 0.1) is 5.92 Å². The quantitative estimate of drug-likeness (QED) is 0.878. The third-order valence-corrected chi connectivity index (χ3v) is 3.97. The number of rotatable bonds is 4. The molecular formula is C12H20N2OS. The number of ether oxygens (including phenoxy) is 1. The highest BCUT2D eigenvalue weighted by molar-refractivity contribution is 7.11. The largest absolute Gasteiger partial charge is 0.371 e. The molecule has 3 nitrogen and oxygen atoms in total. The van der Waals surface area contributed by atoms with E-state index in [1.807, 2.05) is 18.3 Å². The van der Waals surface area contributed by atoms with Gasteiger partial charge in [0.15, 0.2) is 0 Å². The van der Waals surface area contributed by atoms with Gasteiger partial charge in [-0.05, 0) is 12.8 Å². The van der Waals surface area contributed by atoms with Crippen LogP contribution < -0.4 is 5.32 Å². The van der Waals surface area contributed by atoms with Crippen LogP contribution in [0.1, 0.15) is 42.5 Å². The molecule has 1 aliphatic rings. The number of thiazole rings is 1. The minimum Gasteiger partial charge on any atom is -0.371 e. The fourth-order valence-electron chi connectivity index (χ4n) is 2.00. The lowest BCUT2D eigenvalue weighted by Crippen LogP contribution is -2.22. The van der Waals surface area contributed by atoms with E-state index in [1.54, 1.807) is 0 Å². The Morgan fingerprint density at radius 3 is 2.94 bits per heavy atom. The molecule has 1 N–H and O–H groups in total. The summed E-state index contributed by atoms with van der Waals surface area (Å²) in [6.45, 7) is 9.22. The van der Waals surface area contributed by atoms with Crippen LogP contribution in [0.25, 0.3) is 0 Å². The van der Waals surface area contributed by atoms with E-state index in [4.69, 9.17) is 9.72 Å². The van der Waals surface area contributed by atoms with E-state index >= 15 is 0 Å². The van der Waals surface area contributed by atoms with Gasteiger partial charge in [-0.2, -0.15) is 0 Å². The first kappa shape index (κ1) is 12.0. The molecule has 1 aromatic rings. The molecule has 90 valence electrons. The van der Waals surface area contributed by atoms with Gasteiger partial charge in [-0.3, -0.25) is 0 Å². The predicted molar refractivity (Wildman–Crippen MR) is 66.7 cm³/mol. The second-order valence-corrected chi connectivity index (χ2v) is 5.58. The fourth-order valence-corrected chi connectivity index (χ4v) is 3.30. The molecule has 4 heteroatoms. The summed E-state index contributed by atoms with van der Waals surface area (Å²) in [5.41, 5.74) is 1.28. The zero-order valence-corrected chi connectivity index (χ0v) is 11.1. The van der Waals surface area contributed by atoms with Crippen LogP contribution in [0.3, 0.4) is 0 Å². The molecule has 0 saturated heterocycles. The summed E-state index contributed by atoms with van der Waals surface area (Å²) in [4.78, 5) is 6.14. The number of hydrogen-bond donors (Lipinski definition) is 1. The lowest BCUT2D eigenvalue weighted by Gasteiger charge is -2.17. The molecule has 0 spiro atoms. The molecule has 0 amide bonds. The molecule has 0 aliphatic carbocycles. The summed E-state index contributed by atoms with van der Waals surface area (Å²) in [5, 5.41) is 4.54. The maximum absolute atomic E-state index is 5.79. The molecule has 0 aromatic carbocycles. The average molecular weight is 240 g/mol. The maximum atomic E-state index is 5.79. The molecule has 2 rings (SSSR count). The van der Waals surface area contributed by atoms with Crippen molar-refractivity contribution in [2.75, 3.05) is 13.2 Å². The van der Waals surface area contributed by atoms with Gasteiger partial charge < -0.3 is 10.1 Å². The highest BCUT2D eigenvalue weighted by Gasteiger charge is 2.23. The van der Waals surface area contributed by atoms with Crippen molar-refractivity contribution in [3.05, 3.63) is 15.6 Å². The molecule has 0 radical (unpaired) electrons. The van der Waals surface area contributed by atoms with Crippen LogP contribution in [-0.4, -0.2) is 18.1 Å². The molecule has 2 heterocycles. The van der Waals surface area contributed by atoms with E-state index in [1.165, 1.54) is 10.6 Å². The van der Waals surface area contributed by atoms with Crippen LogP contribution in [0.4, 0.5) is 0 Å². The number of hydrogen-bond acceptors (Lipinski definition) is 4. The van der Waals surface area contributed by atoms with Crippen LogP contribution in [0.15, 0.2) is 0 Å².